The molecular weight excluding hydrogens is 470 g/mol. The average molecular weight is 502 g/mol. The van der Waals surface area contributed by atoms with Crippen LogP contribution in [0.4, 0.5) is 0 Å². The monoisotopic (exact) mass is 501 g/mol. The normalized spacial score (nSPS) is 11.8. The van der Waals surface area contributed by atoms with E-state index in [-0.39, 0.29) is 0 Å². The quantitative estimate of drug-likeness (QED) is 0.224. The van der Waals surface area contributed by atoms with E-state index in [0.717, 1.165) is 41.6 Å². The van der Waals surface area contributed by atoms with Gasteiger partial charge < -0.3 is 14.4 Å². The lowest BCUT2D eigenvalue weighted by Gasteiger charge is -2.16. The van der Waals surface area contributed by atoms with Gasteiger partial charge in [-0.15, -0.1) is 10.2 Å². The molecule has 0 spiro atoms. The second kappa shape index (κ2) is 12.4. The van der Waals surface area contributed by atoms with Crippen LogP contribution in [-0.2, 0) is 23.5 Å². The van der Waals surface area contributed by atoms with Gasteiger partial charge in [0.2, 0.25) is 6.10 Å². The Kier molecular flexibility index (Phi) is 8.79. The smallest absolute Gasteiger partial charge is 0.349 e. The third kappa shape index (κ3) is 6.76. The number of aromatic nitrogens is 3. The van der Waals surface area contributed by atoms with Crippen molar-refractivity contribution in [3.63, 3.8) is 0 Å². The van der Waals surface area contributed by atoms with E-state index in [0.29, 0.717) is 17.9 Å². The molecule has 1 heterocycles. The number of nitrogens with zero attached hydrogens (tertiary/aromatic N) is 3. The largest absolute Gasteiger partial charge is 0.478 e. The van der Waals surface area contributed by atoms with Crippen molar-refractivity contribution >= 4 is 17.7 Å². The van der Waals surface area contributed by atoms with Crippen molar-refractivity contribution in [2.75, 3.05) is 0 Å². The van der Waals surface area contributed by atoms with Gasteiger partial charge in [0.15, 0.2) is 5.16 Å². The number of unbranched alkanes of at least 4 members (excludes halogenated alkanes) is 1. The molecule has 0 saturated heterocycles. The molecule has 0 fully saturated rings. The average Bonchev–Trinajstić information content (AvgIpc) is 3.28. The van der Waals surface area contributed by atoms with E-state index in [1.165, 1.54) is 11.1 Å². The lowest BCUT2D eigenvalue weighted by Crippen LogP contribution is -2.18. The molecule has 3 aromatic carbocycles. The Morgan fingerprint density at radius 3 is 2.33 bits per heavy atom. The summed E-state index contributed by atoms with van der Waals surface area (Å²) >= 11 is 1.69. The molecule has 4 aromatic rings. The van der Waals surface area contributed by atoms with Crippen molar-refractivity contribution < 1.29 is 14.6 Å². The Bertz CT molecular complexity index is 1260. The first kappa shape index (κ1) is 25.5. The van der Waals surface area contributed by atoms with Crippen LogP contribution in [0.5, 0.6) is 5.75 Å². The number of benzene rings is 3. The van der Waals surface area contributed by atoms with Gasteiger partial charge in [-0.25, -0.2) is 4.79 Å². The fourth-order valence-electron chi connectivity index (χ4n) is 3.82. The maximum atomic E-state index is 11.8. The minimum atomic E-state index is -1.06. The standard InChI is InChI=1S/C29H31N3O3S/c1-3-4-10-26-30-31-29(36-20-23-13-11-21(2)12-14-23)32(26)19-22-15-17-25(18-16-22)35-27(28(33)34)24-8-6-5-7-9-24/h5-9,11-18,27H,3-4,10,19-20H2,1-2H3,(H,33,34). The predicted molar refractivity (Wildman–Crippen MR) is 142 cm³/mol. The van der Waals surface area contributed by atoms with Crippen molar-refractivity contribution in [2.45, 2.75) is 56.7 Å². The maximum Gasteiger partial charge on any atom is 0.349 e. The third-order valence-corrected chi connectivity index (χ3v) is 6.92. The number of hydrogen-bond donors (Lipinski definition) is 1. The topological polar surface area (TPSA) is 77.2 Å². The number of hydrogen-bond acceptors (Lipinski definition) is 5. The molecule has 1 N–H and O–H groups in total. The van der Waals surface area contributed by atoms with Gasteiger partial charge in [0, 0.05) is 17.7 Å². The highest BCUT2D eigenvalue weighted by Crippen LogP contribution is 2.26. The number of ether oxygens (including phenoxy) is 1. The summed E-state index contributed by atoms with van der Waals surface area (Å²) in [6.07, 6.45) is 1.98. The molecule has 0 bridgehead atoms. The van der Waals surface area contributed by atoms with Gasteiger partial charge in [-0.2, -0.15) is 0 Å². The first-order chi connectivity index (χ1) is 17.5. The maximum absolute atomic E-state index is 11.8. The molecule has 7 heteroatoms. The van der Waals surface area contributed by atoms with Crippen LogP contribution in [0.3, 0.4) is 0 Å². The number of carboxylic acid groups (broad SMARTS) is 1. The predicted octanol–water partition coefficient (Wildman–Crippen LogP) is 6.47. The first-order valence-electron chi connectivity index (χ1n) is 12.2. The van der Waals surface area contributed by atoms with E-state index in [4.69, 9.17) is 4.74 Å². The molecule has 0 aliphatic heterocycles. The summed E-state index contributed by atoms with van der Waals surface area (Å²) in [5.41, 5.74) is 4.18. The summed E-state index contributed by atoms with van der Waals surface area (Å²) in [5.74, 6) is 1.30. The van der Waals surface area contributed by atoms with Gasteiger partial charge in [-0.3, -0.25) is 0 Å². The van der Waals surface area contributed by atoms with E-state index in [2.05, 4.69) is 52.9 Å². The van der Waals surface area contributed by atoms with E-state index < -0.39 is 12.1 Å². The summed E-state index contributed by atoms with van der Waals surface area (Å²) in [5, 5.41) is 19.5. The van der Waals surface area contributed by atoms with Crippen molar-refractivity contribution in [3.8, 4) is 5.75 Å². The Morgan fingerprint density at radius 2 is 1.67 bits per heavy atom. The molecule has 36 heavy (non-hydrogen) atoms. The van der Waals surface area contributed by atoms with Crippen molar-refractivity contribution in [3.05, 3.63) is 107 Å². The lowest BCUT2D eigenvalue weighted by molar-refractivity contribution is -0.145. The molecule has 186 valence electrons. The summed E-state index contributed by atoms with van der Waals surface area (Å²) in [7, 11) is 0. The first-order valence-corrected chi connectivity index (χ1v) is 13.2. The minimum absolute atomic E-state index is 0.513. The number of rotatable bonds is 12. The summed E-state index contributed by atoms with van der Waals surface area (Å²) < 4.78 is 8.00. The van der Waals surface area contributed by atoms with Crippen molar-refractivity contribution in [1.29, 1.82) is 0 Å². The highest BCUT2D eigenvalue weighted by atomic mass is 32.2. The number of carbonyl (C=O) groups is 1. The Labute approximate surface area is 216 Å². The van der Waals surface area contributed by atoms with E-state index >= 15 is 0 Å². The van der Waals surface area contributed by atoms with Gasteiger partial charge in [0.25, 0.3) is 0 Å². The molecule has 1 unspecified atom stereocenters. The van der Waals surface area contributed by atoms with E-state index in [9.17, 15) is 9.90 Å². The van der Waals surface area contributed by atoms with Crippen LogP contribution in [-0.4, -0.2) is 25.8 Å². The van der Waals surface area contributed by atoms with Gasteiger partial charge >= 0.3 is 5.97 Å². The Balaban J connectivity index is 1.48. The molecule has 0 saturated carbocycles. The zero-order valence-electron chi connectivity index (χ0n) is 20.6. The SMILES string of the molecule is CCCCc1nnc(SCc2ccc(C)cc2)n1Cc1ccc(OC(C(=O)O)c2ccccc2)cc1. The van der Waals surface area contributed by atoms with Gasteiger partial charge in [-0.1, -0.05) is 97.4 Å². The molecule has 6 nitrogen and oxygen atoms in total. The summed E-state index contributed by atoms with van der Waals surface area (Å²) in [6.45, 7) is 4.91. The molecule has 0 amide bonds. The Hall–Kier alpha value is -3.58. The molecule has 1 atom stereocenters. The molecule has 1 aromatic heterocycles. The molecule has 0 aliphatic rings. The second-order valence-electron chi connectivity index (χ2n) is 8.75. The van der Waals surface area contributed by atoms with Crippen LogP contribution < -0.4 is 4.74 Å². The molecular formula is C29H31N3O3S. The van der Waals surface area contributed by atoms with Gasteiger partial charge in [0.1, 0.15) is 11.6 Å². The van der Waals surface area contributed by atoms with E-state index in [1.54, 1.807) is 36.0 Å². The van der Waals surface area contributed by atoms with E-state index in [1.807, 2.05) is 30.3 Å². The van der Waals surface area contributed by atoms with Crippen molar-refractivity contribution in [2.24, 2.45) is 0 Å². The van der Waals surface area contributed by atoms with Crippen LogP contribution in [0.1, 0.15) is 53.9 Å². The fourth-order valence-corrected chi connectivity index (χ4v) is 4.73. The van der Waals surface area contributed by atoms with Crippen molar-refractivity contribution in [1.82, 2.24) is 14.8 Å². The molecule has 4 rings (SSSR count). The lowest BCUT2D eigenvalue weighted by atomic mass is 10.1. The zero-order valence-corrected chi connectivity index (χ0v) is 21.4. The minimum Gasteiger partial charge on any atom is -0.478 e. The van der Waals surface area contributed by atoms with Crippen LogP contribution >= 0.6 is 11.8 Å². The van der Waals surface area contributed by atoms with Gasteiger partial charge in [0.05, 0.1) is 6.54 Å². The summed E-state index contributed by atoms with van der Waals surface area (Å²) in [6, 6.07) is 25.1. The van der Waals surface area contributed by atoms with Crippen LogP contribution in [0, 0.1) is 6.92 Å². The number of aliphatic carboxylic acids is 1. The second-order valence-corrected chi connectivity index (χ2v) is 9.70. The van der Waals surface area contributed by atoms with Crippen LogP contribution in [0.25, 0.3) is 0 Å². The van der Waals surface area contributed by atoms with Crippen LogP contribution in [0.2, 0.25) is 0 Å². The Morgan fingerprint density at radius 1 is 0.972 bits per heavy atom. The number of thioether (sulfide) groups is 1. The summed E-state index contributed by atoms with van der Waals surface area (Å²) in [4.78, 5) is 11.8. The molecule has 0 radical (unpaired) electrons. The number of carboxylic acids is 1. The zero-order chi connectivity index (χ0) is 25.3. The van der Waals surface area contributed by atoms with Crippen LogP contribution in [0.15, 0.2) is 84.0 Å². The third-order valence-electron chi connectivity index (χ3n) is 5.88. The number of aryl methyl sites for hydroxylation is 2. The van der Waals surface area contributed by atoms with Gasteiger partial charge in [-0.05, 0) is 36.6 Å². The highest BCUT2D eigenvalue weighted by molar-refractivity contribution is 7.98. The highest BCUT2D eigenvalue weighted by Gasteiger charge is 2.21. The fraction of sp³-hybridized carbons (Fsp3) is 0.276. The molecule has 0 aliphatic carbocycles.